The van der Waals surface area contributed by atoms with E-state index in [2.05, 4.69) is 34.6 Å². The second kappa shape index (κ2) is 5.98. The zero-order valence-corrected chi connectivity index (χ0v) is 14.6. The van der Waals surface area contributed by atoms with Crippen molar-refractivity contribution in [3.63, 3.8) is 0 Å². The van der Waals surface area contributed by atoms with Gasteiger partial charge in [-0.05, 0) is 39.3 Å². The fraction of sp³-hybridized carbons (Fsp3) is 0.412. The molecule has 6 heteroatoms. The summed E-state index contributed by atoms with van der Waals surface area (Å²) >= 11 is 6.39. The minimum atomic E-state index is -0.570. The molecule has 3 aromatic rings. The molecule has 0 spiro atoms. The molecule has 1 atom stereocenters. The van der Waals surface area contributed by atoms with E-state index < -0.39 is 6.10 Å². The Labute approximate surface area is 140 Å². The Morgan fingerprint density at radius 1 is 1.17 bits per heavy atom. The summed E-state index contributed by atoms with van der Waals surface area (Å²) in [5.74, 6) is 1.53. The third-order valence-electron chi connectivity index (χ3n) is 4.35. The first-order valence-corrected chi connectivity index (χ1v) is 8.06. The highest BCUT2D eigenvalue weighted by atomic mass is 35.5. The zero-order valence-electron chi connectivity index (χ0n) is 13.8. The van der Waals surface area contributed by atoms with Crippen molar-refractivity contribution >= 4 is 22.5 Å². The summed E-state index contributed by atoms with van der Waals surface area (Å²) in [6.45, 7) is 8.77. The molecule has 0 unspecified atom stereocenters. The van der Waals surface area contributed by atoms with E-state index in [0.717, 1.165) is 28.2 Å². The molecular formula is C17H21ClN4O. The molecule has 122 valence electrons. The van der Waals surface area contributed by atoms with Crippen molar-refractivity contribution in [2.24, 2.45) is 0 Å². The number of para-hydroxylation sites is 1. The van der Waals surface area contributed by atoms with Gasteiger partial charge in [-0.15, -0.1) is 0 Å². The van der Waals surface area contributed by atoms with E-state index in [-0.39, 0.29) is 0 Å². The number of rotatable bonds is 4. The molecule has 1 N–H and O–H groups in total. The zero-order chi connectivity index (χ0) is 16.7. The summed E-state index contributed by atoms with van der Waals surface area (Å²) < 4.78 is 3.84. The molecule has 0 fully saturated rings. The quantitative estimate of drug-likeness (QED) is 0.798. The summed E-state index contributed by atoms with van der Waals surface area (Å²) in [7, 11) is 0. The van der Waals surface area contributed by atoms with Crippen LogP contribution < -0.4 is 0 Å². The molecular weight excluding hydrogens is 312 g/mol. The van der Waals surface area contributed by atoms with Gasteiger partial charge in [-0.3, -0.25) is 0 Å². The number of aromatic nitrogens is 4. The molecule has 2 aromatic heterocycles. The van der Waals surface area contributed by atoms with Crippen LogP contribution in [-0.4, -0.2) is 30.5 Å². The topological polar surface area (TPSA) is 55.9 Å². The third kappa shape index (κ3) is 2.86. The maximum Gasteiger partial charge on any atom is 0.147 e. The molecule has 0 aliphatic rings. The lowest BCUT2D eigenvalue weighted by Gasteiger charge is -2.15. The van der Waals surface area contributed by atoms with Gasteiger partial charge in [0.1, 0.15) is 11.6 Å². The van der Waals surface area contributed by atoms with Gasteiger partial charge < -0.3 is 9.67 Å². The van der Waals surface area contributed by atoms with E-state index in [1.54, 1.807) is 4.68 Å². The Morgan fingerprint density at radius 3 is 2.57 bits per heavy atom. The molecule has 0 aliphatic carbocycles. The van der Waals surface area contributed by atoms with Gasteiger partial charge in [-0.25, -0.2) is 9.67 Å². The van der Waals surface area contributed by atoms with Crippen LogP contribution in [0.1, 0.15) is 22.9 Å². The summed E-state index contributed by atoms with van der Waals surface area (Å²) in [5, 5.41) is 16.7. The second-order valence-electron chi connectivity index (χ2n) is 6.00. The highest BCUT2D eigenvalue weighted by Gasteiger charge is 2.17. The van der Waals surface area contributed by atoms with E-state index >= 15 is 0 Å². The van der Waals surface area contributed by atoms with Crippen molar-refractivity contribution in [3.05, 3.63) is 46.1 Å². The highest BCUT2D eigenvalue weighted by molar-refractivity contribution is 6.35. The number of aliphatic hydroxyl groups is 1. The first-order chi connectivity index (χ1) is 10.9. The van der Waals surface area contributed by atoms with Gasteiger partial charge in [0, 0.05) is 11.1 Å². The van der Waals surface area contributed by atoms with Crippen LogP contribution in [-0.2, 0) is 13.1 Å². The lowest BCUT2D eigenvalue weighted by molar-refractivity contribution is 0.130. The van der Waals surface area contributed by atoms with Crippen molar-refractivity contribution in [2.75, 3.05) is 0 Å². The Morgan fingerprint density at radius 2 is 1.91 bits per heavy atom. The monoisotopic (exact) mass is 332 g/mol. The fourth-order valence-corrected chi connectivity index (χ4v) is 3.36. The molecule has 0 saturated heterocycles. The molecule has 0 saturated carbocycles. The van der Waals surface area contributed by atoms with Gasteiger partial charge in [-0.1, -0.05) is 23.7 Å². The smallest absolute Gasteiger partial charge is 0.147 e. The number of aliphatic hydroxyl groups excluding tert-OH is 1. The highest BCUT2D eigenvalue weighted by Crippen LogP contribution is 2.30. The van der Waals surface area contributed by atoms with Crippen molar-refractivity contribution < 1.29 is 5.11 Å². The molecule has 0 radical (unpaired) electrons. The summed E-state index contributed by atoms with van der Waals surface area (Å²) in [5.41, 5.74) is 3.30. The first kappa shape index (κ1) is 16.0. The molecule has 1 aromatic carbocycles. The maximum atomic E-state index is 10.5. The molecule has 5 nitrogen and oxygen atoms in total. The van der Waals surface area contributed by atoms with Gasteiger partial charge in [0.2, 0.25) is 0 Å². The predicted molar refractivity (Wildman–Crippen MR) is 91.9 cm³/mol. The third-order valence-corrected chi connectivity index (χ3v) is 4.65. The number of hydrogen-bond acceptors (Lipinski definition) is 3. The summed E-state index contributed by atoms with van der Waals surface area (Å²) in [6.07, 6.45) is -0.570. The Bertz CT molecular complexity index is 865. The minimum absolute atomic E-state index is 0.412. The van der Waals surface area contributed by atoms with Crippen molar-refractivity contribution in [1.29, 1.82) is 0 Å². The minimum Gasteiger partial charge on any atom is -0.389 e. The molecule has 23 heavy (non-hydrogen) atoms. The van der Waals surface area contributed by atoms with Crippen molar-refractivity contribution in [1.82, 2.24) is 19.3 Å². The van der Waals surface area contributed by atoms with E-state index in [1.165, 1.54) is 5.56 Å². The van der Waals surface area contributed by atoms with Gasteiger partial charge in [0.15, 0.2) is 0 Å². The number of benzene rings is 1. The molecule has 0 amide bonds. The first-order valence-electron chi connectivity index (χ1n) is 7.68. The number of hydrogen-bond donors (Lipinski definition) is 1. The van der Waals surface area contributed by atoms with Crippen LogP contribution in [0, 0.1) is 27.7 Å². The van der Waals surface area contributed by atoms with Crippen LogP contribution in [0.5, 0.6) is 0 Å². The van der Waals surface area contributed by atoms with E-state index in [4.69, 9.17) is 11.6 Å². The van der Waals surface area contributed by atoms with Crippen molar-refractivity contribution in [3.8, 4) is 0 Å². The maximum absolute atomic E-state index is 10.5. The number of fused-ring (bicyclic) bond motifs is 1. The summed E-state index contributed by atoms with van der Waals surface area (Å²) in [6, 6.07) is 5.91. The normalized spacial score (nSPS) is 13.0. The van der Waals surface area contributed by atoms with Crippen molar-refractivity contribution in [2.45, 2.75) is 46.9 Å². The standard InChI is InChI=1S/C17H21ClN4O/c1-10-11(2)21(17-15(10)6-5-7-16(17)18)8-14(23)9-22-13(4)19-12(3)20-22/h5-7,14,23H,8-9H2,1-4H3/t14-/m1/s1. The summed E-state index contributed by atoms with van der Waals surface area (Å²) in [4.78, 5) is 4.27. The van der Waals surface area contributed by atoms with E-state index in [0.29, 0.717) is 18.1 Å². The van der Waals surface area contributed by atoms with Gasteiger partial charge in [-0.2, -0.15) is 5.10 Å². The van der Waals surface area contributed by atoms with Crippen LogP contribution in [0.3, 0.4) is 0 Å². The van der Waals surface area contributed by atoms with Gasteiger partial charge in [0.25, 0.3) is 0 Å². The van der Waals surface area contributed by atoms with Crippen LogP contribution in [0.25, 0.3) is 10.9 Å². The lowest BCUT2D eigenvalue weighted by Crippen LogP contribution is -2.24. The largest absolute Gasteiger partial charge is 0.389 e. The Balaban J connectivity index is 1.92. The average Bonchev–Trinajstić information content (AvgIpc) is 2.92. The molecule has 0 aliphatic heterocycles. The molecule has 2 heterocycles. The molecule has 0 bridgehead atoms. The lowest BCUT2D eigenvalue weighted by atomic mass is 10.2. The molecule has 3 rings (SSSR count). The van der Waals surface area contributed by atoms with Crippen LogP contribution in [0.2, 0.25) is 5.02 Å². The predicted octanol–water partition coefficient (Wildman–Crippen LogP) is 3.18. The average molecular weight is 333 g/mol. The second-order valence-corrected chi connectivity index (χ2v) is 6.41. The Hall–Kier alpha value is -1.85. The van der Waals surface area contributed by atoms with E-state index in [1.807, 2.05) is 26.0 Å². The number of aryl methyl sites for hydroxylation is 3. The van der Waals surface area contributed by atoms with E-state index in [9.17, 15) is 5.11 Å². The Kier molecular flexibility index (Phi) is 4.17. The van der Waals surface area contributed by atoms with Gasteiger partial charge in [0.05, 0.1) is 29.7 Å². The fourth-order valence-electron chi connectivity index (χ4n) is 3.09. The van der Waals surface area contributed by atoms with Gasteiger partial charge >= 0.3 is 0 Å². The number of halogens is 1. The van der Waals surface area contributed by atoms with Crippen LogP contribution in [0.15, 0.2) is 18.2 Å². The van der Waals surface area contributed by atoms with Crippen LogP contribution >= 0.6 is 11.6 Å². The number of nitrogens with zero attached hydrogens (tertiary/aromatic N) is 4. The van der Waals surface area contributed by atoms with Crippen LogP contribution in [0.4, 0.5) is 0 Å². The SMILES string of the molecule is Cc1nc(C)n(C[C@H](O)Cn2c(C)c(C)c3cccc(Cl)c32)n1.